The van der Waals surface area contributed by atoms with Gasteiger partial charge in [-0.15, -0.1) is 0 Å². The van der Waals surface area contributed by atoms with Crippen molar-refractivity contribution < 1.29 is 17.9 Å². The van der Waals surface area contributed by atoms with E-state index in [0.717, 1.165) is 25.7 Å². The summed E-state index contributed by atoms with van der Waals surface area (Å²) in [4.78, 5) is 0.140. The summed E-state index contributed by atoms with van der Waals surface area (Å²) in [7, 11) is -0.612. The molecular formula is C16H27NO4S. The third-order valence-corrected chi connectivity index (χ3v) is 5.23. The predicted octanol–water partition coefficient (Wildman–Crippen LogP) is 3.20. The molecule has 0 bridgehead atoms. The lowest BCUT2D eigenvalue weighted by Crippen LogP contribution is -2.29. The molecule has 0 heterocycles. The Morgan fingerprint density at radius 2 is 1.91 bits per heavy atom. The number of hydrogen-bond acceptors (Lipinski definition) is 4. The van der Waals surface area contributed by atoms with Crippen molar-refractivity contribution in [3.63, 3.8) is 0 Å². The fourth-order valence-electron chi connectivity index (χ4n) is 2.25. The zero-order valence-corrected chi connectivity index (χ0v) is 14.7. The van der Waals surface area contributed by atoms with Crippen LogP contribution in [-0.4, -0.2) is 29.2 Å². The maximum absolute atomic E-state index is 12.5. The minimum absolute atomic E-state index is 0.140. The van der Waals surface area contributed by atoms with E-state index in [1.165, 1.54) is 20.3 Å². The average Bonchev–Trinajstić information content (AvgIpc) is 2.54. The van der Waals surface area contributed by atoms with Gasteiger partial charge in [-0.3, -0.25) is 0 Å². The van der Waals surface area contributed by atoms with Gasteiger partial charge >= 0.3 is 0 Å². The molecule has 0 aliphatic rings. The third-order valence-electron chi connectivity index (χ3n) is 3.77. The number of sulfonamides is 1. The number of hydrogen-bond donors (Lipinski definition) is 1. The maximum atomic E-state index is 12.5. The van der Waals surface area contributed by atoms with Gasteiger partial charge in [0.25, 0.3) is 0 Å². The summed E-state index contributed by atoms with van der Waals surface area (Å²) in [6, 6.07) is 4.70. The third kappa shape index (κ3) is 5.18. The van der Waals surface area contributed by atoms with Gasteiger partial charge < -0.3 is 9.47 Å². The van der Waals surface area contributed by atoms with Gasteiger partial charge in [-0.2, -0.15) is 0 Å². The first-order valence-electron chi connectivity index (χ1n) is 7.70. The first kappa shape index (κ1) is 18.8. The molecule has 0 aliphatic carbocycles. The van der Waals surface area contributed by atoms with E-state index in [1.807, 2.05) is 0 Å². The molecule has 22 heavy (non-hydrogen) atoms. The van der Waals surface area contributed by atoms with Crippen molar-refractivity contribution in [1.29, 1.82) is 0 Å². The molecule has 0 saturated carbocycles. The van der Waals surface area contributed by atoms with Gasteiger partial charge in [-0.1, -0.05) is 33.1 Å². The van der Waals surface area contributed by atoms with Gasteiger partial charge in [0.2, 0.25) is 10.0 Å². The first-order chi connectivity index (χ1) is 10.5. The number of benzene rings is 1. The monoisotopic (exact) mass is 329 g/mol. The summed E-state index contributed by atoms with van der Waals surface area (Å²) < 4.78 is 37.9. The largest absolute Gasteiger partial charge is 0.497 e. The molecule has 1 aromatic carbocycles. The highest BCUT2D eigenvalue weighted by molar-refractivity contribution is 7.89. The number of rotatable bonds is 10. The van der Waals surface area contributed by atoms with E-state index in [0.29, 0.717) is 18.2 Å². The van der Waals surface area contributed by atoms with Crippen LogP contribution in [0, 0.1) is 5.92 Å². The Hall–Kier alpha value is -1.27. The molecule has 0 aliphatic heterocycles. The SMILES string of the molecule is CCCCC(CC)CNS(=O)(=O)c1ccc(OC)cc1OC. The van der Waals surface area contributed by atoms with Crippen molar-refractivity contribution in [1.82, 2.24) is 4.72 Å². The molecule has 0 amide bonds. The summed E-state index contributed by atoms with van der Waals surface area (Å²) in [6.07, 6.45) is 4.24. The maximum Gasteiger partial charge on any atom is 0.244 e. The zero-order chi connectivity index (χ0) is 16.6. The van der Waals surface area contributed by atoms with Gasteiger partial charge in [0.05, 0.1) is 14.2 Å². The zero-order valence-electron chi connectivity index (χ0n) is 13.9. The Balaban J connectivity index is 2.85. The quantitative estimate of drug-likeness (QED) is 0.716. The smallest absolute Gasteiger partial charge is 0.244 e. The molecule has 1 N–H and O–H groups in total. The second kappa shape index (κ2) is 9.00. The van der Waals surface area contributed by atoms with Crippen molar-refractivity contribution in [3.05, 3.63) is 18.2 Å². The molecule has 1 aromatic rings. The first-order valence-corrected chi connectivity index (χ1v) is 9.18. The molecule has 6 heteroatoms. The minimum atomic E-state index is -3.59. The van der Waals surface area contributed by atoms with Crippen LogP contribution in [-0.2, 0) is 10.0 Å². The van der Waals surface area contributed by atoms with Crippen LogP contribution in [0.2, 0.25) is 0 Å². The van der Waals surface area contributed by atoms with Crippen molar-refractivity contribution >= 4 is 10.0 Å². The van der Waals surface area contributed by atoms with Gasteiger partial charge in [-0.05, 0) is 24.5 Å². The molecule has 5 nitrogen and oxygen atoms in total. The Morgan fingerprint density at radius 1 is 1.18 bits per heavy atom. The Kier molecular flexibility index (Phi) is 7.68. The second-order valence-corrected chi connectivity index (χ2v) is 7.02. The van der Waals surface area contributed by atoms with Crippen LogP contribution in [0.5, 0.6) is 11.5 Å². The minimum Gasteiger partial charge on any atom is -0.497 e. The fourth-order valence-corrected chi connectivity index (χ4v) is 3.51. The molecule has 0 radical (unpaired) electrons. The average molecular weight is 329 g/mol. The summed E-state index contributed by atoms with van der Waals surface area (Å²) in [5.74, 6) is 1.21. The van der Waals surface area contributed by atoms with E-state index >= 15 is 0 Å². The molecule has 1 rings (SSSR count). The summed E-state index contributed by atoms with van der Waals surface area (Å²) in [5, 5.41) is 0. The number of nitrogens with one attached hydrogen (secondary N) is 1. The normalized spacial score (nSPS) is 12.9. The van der Waals surface area contributed by atoms with Crippen LogP contribution >= 0.6 is 0 Å². The van der Waals surface area contributed by atoms with Crippen molar-refractivity contribution in [3.8, 4) is 11.5 Å². The highest BCUT2D eigenvalue weighted by atomic mass is 32.2. The fraction of sp³-hybridized carbons (Fsp3) is 0.625. The molecule has 1 unspecified atom stereocenters. The number of unbranched alkanes of at least 4 members (excludes halogenated alkanes) is 1. The van der Waals surface area contributed by atoms with Crippen LogP contribution in [0.15, 0.2) is 23.1 Å². The summed E-state index contributed by atoms with van der Waals surface area (Å²) in [5.41, 5.74) is 0. The molecule has 0 fully saturated rings. The number of methoxy groups -OCH3 is 2. The number of ether oxygens (including phenoxy) is 2. The summed E-state index contributed by atoms with van der Waals surface area (Å²) >= 11 is 0. The van der Waals surface area contributed by atoms with Gasteiger partial charge in [0.1, 0.15) is 16.4 Å². The van der Waals surface area contributed by atoms with Crippen LogP contribution in [0.3, 0.4) is 0 Å². The van der Waals surface area contributed by atoms with E-state index in [-0.39, 0.29) is 10.6 Å². The van der Waals surface area contributed by atoms with E-state index in [9.17, 15) is 8.42 Å². The summed E-state index contributed by atoms with van der Waals surface area (Å²) in [6.45, 7) is 4.68. The Morgan fingerprint density at radius 3 is 2.45 bits per heavy atom. The molecule has 0 spiro atoms. The molecule has 126 valence electrons. The standard InChI is InChI=1S/C16H27NO4S/c1-5-7-8-13(6-2)12-17-22(18,19)16-10-9-14(20-3)11-15(16)21-4/h9-11,13,17H,5-8,12H2,1-4H3. The van der Waals surface area contributed by atoms with E-state index < -0.39 is 10.0 Å². The Labute approximate surface area is 134 Å². The lowest BCUT2D eigenvalue weighted by Gasteiger charge is -2.16. The van der Waals surface area contributed by atoms with E-state index in [1.54, 1.807) is 12.1 Å². The Bertz CT molecular complexity index is 557. The van der Waals surface area contributed by atoms with Crippen molar-refractivity contribution in [2.24, 2.45) is 5.92 Å². The van der Waals surface area contributed by atoms with E-state index in [4.69, 9.17) is 9.47 Å². The lowest BCUT2D eigenvalue weighted by atomic mass is 10.00. The van der Waals surface area contributed by atoms with Crippen LogP contribution < -0.4 is 14.2 Å². The van der Waals surface area contributed by atoms with Gasteiger partial charge in [0, 0.05) is 12.6 Å². The van der Waals surface area contributed by atoms with Crippen molar-refractivity contribution in [2.75, 3.05) is 20.8 Å². The van der Waals surface area contributed by atoms with Gasteiger partial charge in [0.15, 0.2) is 0 Å². The highest BCUT2D eigenvalue weighted by Crippen LogP contribution is 2.28. The topological polar surface area (TPSA) is 64.6 Å². The lowest BCUT2D eigenvalue weighted by molar-refractivity contribution is 0.385. The van der Waals surface area contributed by atoms with E-state index in [2.05, 4.69) is 18.6 Å². The highest BCUT2D eigenvalue weighted by Gasteiger charge is 2.21. The van der Waals surface area contributed by atoms with Crippen LogP contribution in [0.4, 0.5) is 0 Å². The molecule has 1 atom stereocenters. The van der Waals surface area contributed by atoms with Crippen LogP contribution in [0.1, 0.15) is 39.5 Å². The van der Waals surface area contributed by atoms with Crippen molar-refractivity contribution in [2.45, 2.75) is 44.4 Å². The predicted molar refractivity (Wildman–Crippen MR) is 88.0 cm³/mol. The molecule has 0 aromatic heterocycles. The van der Waals surface area contributed by atoms with Crippen LogP contribution in [0.25, 0.3) is 0 Å². The molecule has 0 saturated heterocycles. The second-order valence-electron chi connectivity index (χ2n) is 5.29. The van der Waals surface area contributed by atoms with Gasteiger partial charge in [-0.25, -0.2) is 13.1 Å². The molecular weight excluding hydrogens is 302 g/mol.